The van der Waals surface area contributed by atoms with Crippen molar-refractivity contribution >= 4 is 23.1 Å². The number of fused-ring (bicyclic) bond motifs is 3. The van der Waals surface area contributed by atoms with Crippen LogP contribution >= 0.6 is 11.8 Å². The second-order valence-corrected chi connectivity index (χ2v) is 13.6. The first-order valence-electron chi connectivity index (χ1n) is 15.5. The average Bonchev–Trinajstić information content (AvgIpc) is 2.99. The SMILES string of the molecule is C=CCN1CC[C@]23CCCC[C@H]2[C@H]1Cc1ccc(O)cc13.CN(C)CCCN1c2ccccc2Sc2ccccc21. The maximum atomic E-state index is 9.98. The Balaban J connectivity index is 0.000000148. The molecule has 1 N–H and O–H groups in total. The van der Waals surface area contributed by atoms with Crippen molar-refractivity contribution in [2.24, 2.45) is 5.92 Å². The van der Waals surface area contributed by atoms with E-state index < -0.39 is 0 Å². The number of anilines is 2. The molecule has 0 aromatic heterocycles. The number of para-hydroxylation sites is 2. The van der Waals surface area contributed by atoms with Gasteiger partial charge in [-0.05, 0) is 113 Å². The summed E-state index contributed by atoms with van der Waals surface area (Å²) in [4.78, 5) is 10.1. The summed E-state index contributed by atoms with van der Waals surface area (Å²) in [5.41, 5.74) is 5.98. The van der Waals surface area contributed by atoms with E-state index in [2.05, 4.69) is 102 Å². The number of benzene rings is 3. The molecule has 1 saturated heterocycles. The maximum Gasteiger partial charge on any atom is 0.115 e. The third-order valence-electron chi connectivity index (χ3n) is 9.82. The van der Waals surface area contributed by atoms with Crippen LogP contribution in [0.4, 0.5) is 11.4 Å². The zero-order chi connectivity index (χ0) is 28.4. The summed E-state index contributed by atoms with van der Waals surface area (Å²) in [6.07, 6.45) is 11.0. The molecule has 0 amide bonds. The van der Waals surface area contributed by atoms with Crippen molar-refractivity contribution in [1.82, 2.24) is 9.80 Å². The second-order valence-electron chi connectivity index (χ2n) is 12.5. The fraction of sp³-hybridized carbons (Fsp3) is 0.444. The van der Waals surface area contributed by atoms with Crippen LogP contribution in [0.5, 0.6) is 5.75 Å². The van der Waals surface area contributed by atoms with Crippen molar-refractivity contribution in [3.05, 3.63) is 90.5 Å². The number of hydrogen-bond donors (Lipinski definition) is 1. The molecule has 2 aliphatic heterocycles. The second kappa shape index (κ2) is 12.2. The van der Waals surface area contributed by atoms with Crippen molar-refractivity contribution < 1.29 is 5.11 Å². The third kappa shape index (κ3) is 5.57. The first kappa shape index (κ1) is 28.4. The molecular formula is C36H45N3OS. The van der Waals surface area contributed by atoms with Crippen LogP contribution in [0, 0.1) is 5.92 Å². The Morgan fingerprint density at radius 2 is 1.73 bits per heavy atom. The Kier molecular flexibility index (Phi) is 8.48. The van der Waals surface area contributed by atoms with E-state index in [9.17, 15) is 5.11 Å². The van der Waals surface area contributed by atoms with Gasteiger partial charge in [0.1, 0.15) is 5.75 Å². The quantitative estimate of drug-likeness (QED) is 0.306. The van der Waals surface area contributed by atoms with Gasteiger partial charge in [0.15, 0.2) is 0 Å². The molecule has 0 radical (unpaired) electrons. The lowest BCUT2D eigenvalue weighted by Gasteiger charge is -2.59. The molecule has 1 saturated carbocycles. The van der Waals surface area contributed by atoms with Crippen molar-refractivity contribution in [1.29, 1.82) is 0 Å². The Morgan fingerprint density at radius 1 is 1.00 bits per heavy atom. The van der Waals surface area contributed by atoms with Gasteiger partial charge in [0, 0.05) is 34.3 Å². The molecule has 216 valence electrons. The molecule has 3 aromatic rings. The predicted octanol–water partition coefficient (Wildman–Crippen LogP) is 7.88. The van der Waals surface area contributed by atoms with E-state index in [4.69, 9.17) is 0 Å². The predicted molar refractivity (Wildman–Crippen MR) is 173 cm³/mol. The summed E-state index contributed by atoms with van der Waals surface area (Å²) in [6, 6.07) is 24.2. The van der Waals surface area contributed by atoms with Crippen LogP contribution in [-0.4, -0.2) is 61.2 Å². The molecule has 0 spiro atoms. The molecule has 4 aliphatic rings. The molecule has 0 unspecified atom stereocenters. The zero-order valence-electron chi connectivity index (χ0n) is 24.8. The number of phenolic OH excluding ortho intramolecular Hbond substituents is 1. The lowest BCUT2D eigenvalue weighted by Crippen LogP contribution is -2.60. The van der Waals surface area contributed by atoms with Gasteiger partial charge < -0.3 is 14.9 Å². The number of likely N-dealkylation sites (tertiary alicyclic amines) is 1. The minimum absolute atomic E-state index is 0.340. The summed E-state index contributed by atoms with van der Waals surface area (Å²) in [7, 11) is 4.27. The minimum Gasteiger partial charge on any atom is -0.508 e. The molecule has 2 bridgehead atoms. The normalized spacial score (nSPS) is 24.3. The summed E-state index contributed by atoms with van der Waals surface area (Å²) in [6.45, 7) is 8.33. The number of piperidine rings is 1. The Hall–Kier alpha value is -2.73. The molecule has 3 aromatic carbocycles. The summed E-state index contributed by atoms with van der Waals surface area (Å²) in [5, 5.41) is 9.98. The molecule has 2 aliphatic carbocycles. The van der Waals surface area contributed by atoms with E-state index >= 15 is 0 Å². The topological polar surface area (TPSA) is 30.0 Å². The van der Waals surface area contributed by atoms with Crippen LogP contribution in [0.3, 0.4) is 0 Å². The maximum absolute atomic E-state index is 9.98. The van der Waals surface area contributed by atoms with Crippen molar-refractivity contribution in [3.8, 4) is 5.75 Å². The van der Waals surface area contributed by atoms with E-state index in [0.717, 1.165) is 32.0 Å². The highest BCUT2D eigenvalue weighted by molar-refractivity contribution is 7.99. The highest BCUT2D eigenvalue weighted by Crippen LogP contribution is 2.56. The Labute approximate surface area is 251 Å². The van der Waals surface area contributed by atoms with Crippen LogP contribution in [0.15, 0.2) is 89.2 Å². The van der Waals surface area contributed by atoms with Gasteiger partial charge in [-0.1, -0.05) is 61.0 Å². The third-order valence-corrected chi connectivity index (χ3v) is 10.9. The van der Waals surface area contributed by atoms with Crippen LogP contribution in [0.1, 0.15) is 49.7 Å². The van der Waals surface area contributed by atoms with Gasteiger partial charge in [0.05, 0.1) is 11.4 Å². The van der Waals surface area contributed by atoms with Gasteiger partial charge in [-0.15, -0.1) is 6.58 Å². The first-order valence-corrected chi connectivity index (χ1v) is 16.3. The molecule has 5 heteroatoms. The van der Waals surface area contributed by atoms with E-state index in [-0.39, 0.29) is 0 Å². The number of nitrogens with zero attached hydrogens (tertiary/aromatic N) is 3. The standard InChI is InChI=1S/C19H25NO.C17H20N2S/c1-2-10-20-11-9-19-8-4-3-5-16(19)18(20)12-14-6-7-15(21)13-17(14)19;1-18(2)12-7-13-19-14-8-3-5-10-16(14)20-17-11-6-4-9-15(17)19/h2,6-7,13,16,18,21H,1,3-5,8-12H2;3-6,8-11H,7,12-13H2,1-2H3/t16-,18+,19+;/m0./s1. The Bertz CT molecular complexity index is 1330. The summed E-state index contributed by atoms with van der Waals surface area (Å²) < 4.78 is 0. The van der Waals surface area contributed by atoms with E-state index in [1.807, 2.05) is 17.8 Å². The van der Waals surface area contributed by atoms with Crippen molar-refractivity contribution in [3.63, 3.8) is 0 Å². The fourth-order valence-corrected chi connectivity index (χ4v) is 9.13. The van der Waals surface area contributed by atoms with E-state index in [1.165, 1.54) is 77.4 Å². The van der Waals surface area contributed by atoms with Crippen molar-refractivity contribution in [2.75, 3.05) is 45.2 Å². The number of phenols is 1. The van der Waals surface area contributed by atoms with Gasteiger partial charge in [-0.25, -0.2) is 0 Å². The van der Waals surface area contributed by atoms with Gasteiger partial charge in [-0.3, -0.25) is 4.90 Å². The zero-order valence-corrected chi connectivity index (χ0v) is 25.6. The van der Waals surface area contributed by atoms with Crippen LogP contribution in [0.25, 0.3) is 0 Å². The van der Waals surface area contributed by atoms with Gasteiger partial charge >= 0.3 is 0 Å². The highest BCUT2D eigenvalue weighted by atomic mass is 32.2. The molecule has 2 heterocycles. The summed E-state index contributed by atoms with van der Waals surface area (Å²) >= 11 is 1.87. The van der Waals surface area contributed by atoms with Crippen LogP contribution < -0.4 is 4.90 Å². The molecule has 7 rings (SSSR count). The fourth-order valence-electron chi connectivity index (χ4n) is 8.03. The highest BCUT2D eigenvalue weighted by Gasteiger charge is 2.53. The number of rotatable bonds is 6. The van der Waals surface area contributed by atoms with Gasteiger partial charge in [0.25, 0.3) is 0 Å². The lowest BCUT2D eigenvalue weighted by molar-refractivity contribution is -0.00517. The van der Waals surface area contributed by atoms with Crippen LogP contribution in [-0.2, 0) is 11.8 Å². The monoisotopic (exact) mass is 567 g/mol. The smallest absolute Gasteiger partial charge is 0.115 e. The summed E-state index contributed by atoms with van der Waals surface area (Å²) in [5.74, 6) is 1.22. The molecule has 3 atom stereocenters. The number of hydrogen-bond acceptors (Lipinski definition) is 5. The first-order chi connectivity index (χ1) is 20.0. The largest absolute Gasteiger partial charge is 0.508 e. The molecule has 41 heavy (non-hydrogen) atoms. The molecule has 4 nitrogen and oxygen atoms in total. The van der Waals surface area contributed by atoms with E-state index in [1.54, 1.807) is 0 Å². The lowest BCUT2D eigenvalue weighted by atomic mass is 9.52. The van der Waals surface area contributed by atoms with Crippen molar-refractivity contribution in [2.45, 2.75) is 66.2 Å². The van der Waals surface area contributed by atoms with E-state index in [0.29, 0.717) is 17.2 Å². The molecular weight excluding hydrogens is 522 g/mol. The minimum atomic E-state index is 0.340. The van der Waals surface area contributed by atoms with Crippen LogP contribution in [0.2, 0.25) is 0 Å². The number of aromatic hydroxyl groups is 1. The Morgan fingerprint density at radius 3 is 2.44 bits per heavy atom. The van der Waals surface area contributed by atoms with Gasteiger partial charge in [-0.2, -0.15) is 0 Å². The average molecular weight is 568 g/mol. The molecule has 2 fully saturated rings. The van der Waals surface area contributed by atoms with Gasteiger partial charge in [0.2, 0.25) is 0 Å².